The SMILES string of the molecule is CN1c2c(cccc2C(C)(C)C)SCC1CC(=O)O. The number of hydrogen-bond donors (Lipinski definition) is 1. The van der Waals surface area contributed by atoms with Gasteiger partial charge < -0.3 is 10.0 Å². The van der Waals surface area contributed by atoms with E-state index < -0.39 is 5.97 Å². The first-order valence-corrected chi connectivity index (χ1v) is 7.50. The fraction of sp³-hybridized carbons (Fsp3) is 0.533. The molecule has 1 N–H and O–H groups in total. The predicted molar refractivity (Wildman–Crippen MR) is 80.3 cm³/mol. The lowest BCUT2D eigenvalue weighted by Gasteiger charge is -2.38. The van der Waals surface area contributed by atoms with Gasteiger partial charge in [0.2, 0.25) is 0 Å². The summed E-state index contributed by atoms with van der Waals surface area (Å²) in [7, 11) is 2.02. The van der Waals surface area contributed by atoms with Crippen LogP contribution in [0.4, 0.5) is 5.69 Å². The van der Waals surface area contributed by atoms with Crippen molar-refractivity contribution in [3.05, 3.63) is 23.8 Å². The molecule has 0 radical (unpaired) electrons. The molecule has 0 saturated carbocycles. The first-order valence-electron chi connectivity index (χ1n) is 6.51. The quantitative estimate of drug-likeness (QED) is 0.901. The van der Waals surface area contributed by atoms with Crippen molar-refractivity contribution in [3.63, 3.8) is 0 Å². The second kappa shape index (κ2) is 5.08. The van der Waals surface area contributed by atoms with Crippen molar-refractivity contribution in [1.29, 1.82) is 0 Å². The van der Waals surface area contributed by atoms with Gasteiger partial charge in [0.25, 0.3) is 0 Å². The predicted octanol–water partition coefficient (Wildman–Crippen LogP) is 3.37. The molecule has 1 unspecified atom stereocenters. The van der Waals surface area contributed by atoms with Gasteiger partial charge in [-0.2, -0.15) is 0 Å². The highest BCUT2D eigenvalue weighted by atomic mass is 32.2. The Morgan fingerprint density at radius 1 is 1.47 bits per heavy atom. The standard InChI is InChI=1S/C15H21NO2S/c1-15(2,3)11-6-5-7-12-14(11)16(4)10(9-19-12)8-13(17)18/h5-7,10H,8-9H2,1-4H3,(H,17,18). The summed E-state index contributed by atoms with van der Waals surface area (Å²) in [6.45, 7) is 6.59. The minimum absolute atomic E-state index is 0.0608. The molecule has 1 atom stereocenters. The topological polar surface area (TPSA) is 40.5 Å². The van der Waals surface area contributed by atoms with Crippen molar-refractivity contribution < 1.29 is 9.90 Å². The lowest BCUT2D eigenvalue weighted by Crippen LogP contribution is -2.39. The molecule has 1 aliphatic rings. The van der Waals surface area contributed by atoms with Crippen LogP contribution in [0, 0.1) is 0 Å². The van der Waals surface area contributed by atoms with E-state index >= 15 is 0 Å². The molecule has 0 saturated heterocycles. The van der Waals surface area contributed by atoms with E-state index in [2.05, 4.69) is 43.9 Å². The average Bonchev–Trinajstić information content (AvgIpc) is 2.30. The van der Waals surface area contributed by atoms with Gasteiger partial charge in [0.1, 0.15) is 0 Å². The monoisotopic (exact) mass is 279 g/mol. The van der Waals surface area contributed by atoms with Crippen molar-refractivity contribution in [3.8, 4) is 0 Å². The third-order valence-corrected chi connectivity index (χ3v) is 4.74. The number of para-hydroxylation sites is 1. The van der Waals surface area contributed by atoms with E-state index in [4.69, 9.17) is 5.11 Å². The Labute approximate surface area is 119 Å². The molecule has 1 aliphatic heterocycles. The van der Waals surface area contributed by atoms with Gasteiger partial charge in [-0.1, -0.05) is 32.9 Å². The first kappa shape index (κ1) is 14.3. The summed E-state index contributed by atoms with van der Waals surface area (Å²) in [6, 6.07) is 6.44. The summed E-state index contributed by atoms with van der Waals surface area (Å²) in [5, 5.41) is 9.02. The highest BCUT2D eigenvalue weighted by Crippen LogP contribution is 2.43. The normalized spacial score (nSPS) is 19.2. The minimum Gasteiger partial charge on any atom is -0.481 e. The van der Waals surface area contributed by atoms with Gasteiger partial charge in [0.05, 0.1) is 12.1 Å². The zero-order valence-electron chi connectivity index (χ0n) is 11.9. The van der Waals surface area contributed by atoms with Crippen LogP contribution >= 0.6 is 11.8 Å². The van der Waals surface area contributed by atoms with E-state index in [0.29, 0.717) is 0 Å². The van der Waals surface area contributed by atoms with E-state index in [1.54, 1.807) is 11.8 Å². The van der Waals surface area contributed by atoms with Crippen molar-refractivity contribution in [2.75, 3.05) is 17.7 Å². The Balaban J connectivity index is 2.43. The number of benzene rings is 1. The smallest absolute Gasteiger partial charge is 0.305 e. The fourth-order valence-corrected chi connectivity index (χ4v) is 3.76. The molecule has 0 bridgehead atoms. The van der Waals surface area contributed by atoms with Crippen molar-refractivity contribution >= 4 is 23.4 Å². The second-order valence-electron chi connectivity index (χ2n) is 6.08. The van der Waals surface area contributed by atoms with E-state index in [1.165, 1.54) is 16.1 Å². The minimum atomic E-state index is -0.728. The first-order chi connectivity index (χ1) is 8.80. The number of aliphatic carboxylic acids is 1. The molecule has 3 nitrogen and oxygen atoms in total. The van der Waals surface area contributed by atoms with Crippen molar-refractivity contribution in [2.24, 2.45) is 0 Å². The number of nitrogens with zero attached hydrogens (tertiary/aromatic N) is 1. The Morgan fingerprint density at radius 2 is 2.16 bits per heavy atom. The van der Waals surface area contributed by atoms with Gasteiger partial charge in [0, 0.05) is 23.7 Å². The number of carboxylic acids is 1. The summed E-state index contributed by atoms with van der Waals surface area (Å²) in [6.07, 6.45) is 0.196. The number of hydrogen-bond acceptors (Lipinski definition) is 3. The number of fused-ring (bicyclic) bond motifs is 1. The van der Waals surface area contributed by atoms with Crippen LogP contribution in [0.5, 0.6) is 0 Å². The highest BCUT2D eigenvalue weighted by Gasteiger charge is 2.30. The van der Waals surface area contributed by atoms with Crippen LogP contribution in [0.2, 0.25) is 0 Å². The van der Waals surface area contributed by atoms with Crippen molar-refractivity contribution in [2.45, 2.75) is 43.5 Å². The van der Waals surface area contributed by atoms with E-state index in [-0.39, 0.29) is 17.9 Å². The Morgan fingerprint density at radius 3 is 2.74 bits per heavy atom. The Bertz CT molecular complexity index is 493. The molecule has 0 aromatic heterocycles. The third-order valence-electron chi connectivity index (χ3n) is 3.55. The summed E-state index contributed by atoms with van der Waals surface area (Å²) >= 11 is 1.77. The average molecular weight is 279 g/mol. The van der Waals surface area contributed by atoms with Crippen LogP contribution < -0.4 is 4.90 Å². The van der Waals surface area contributed by atoms with Crippen LogP contribution in [0.15, 0.2) is 23.1 Å². The number of carboxylic acid groups (broad SMARTS) is 1. The second-order valence-corrected chi connectivity index (χ2v) is 7.14. The Kier molecular flexibility index (Phi) is 3.81. The lowest BCUT2D eigenvalue weighted by atomic mass is 9.85. The fourth-order valence-electron chi connectivity index (χ4n) is 2.49. The van der Waals surface area contributed by atoms with Gasteiger partial charge in [-0.05, 0) is 17.0 Å². The highest BCUT2D eigenvalue weighted by molar-refractivity contribution is 7.99. The molecule has 1 aromatic rings. The molecule has 0 fully saturated rings. The van der Waals surface area contributed by atoms with Crippen LogP contribution in [0.25, 0.3) is 0 Å². The zero-order valence-corrected chi connectivity index (χ0v) is 12.8. The summed E-state index contributed by atoms with van der Waals surface area (Å²) in [4.78, 5) is 14.4. The summed E-state index contributed by atoms with van der Waals surface area (Å²) < 4.78 is 0. The maximum atomic E-state index is 11.0. The molecule has 19 heavy (non-hydrogen) atoms. The van der Waals surface area contributed by atoms with E-state index in [1.807, 2.05) is 7.05 Å². The molecule has 0 amide bonds. The van der Waals surface area contributed by atoms with E-state index in [9.17, 15) is 4.79 Å². The molecule has 0 aliphatic carbocycles. The van der Waals surface area contributed by atoms with E-state index in [0.717, 1.165) is 5.75 Å². The number of carbonyl (C=O) groups is 1. The van der Waals surface area contributed by atoms with Crippen LogP contribution in [0.1, 0.15) is 32.8 Å². The summed E-state index contributed by atoms with van der Waals surface area (Å²) in [5.74, 6) is 0.109. The molecule has 4 heteroatoms. The number of anilines is 1. The molecular formula is C15H21NO2S. The zero-order chi connectivity index (χ0) is 14.2. The molecule has 1 aromatic carbocycles. The molecule has 1 heterocycles. The molecular weight excluding hydrogens is 258 g/mol. The lowest BCUT2D eigenvalue weighted by molar-refractivity contribution is -0.137. The summed E-state index contributed by atoms with van der Waals surface area (Å²) in [5.41, 5.74) is 2.55. The van der Waals surface area contributed by atoms with Crippen LogP contribution in [-0.4, -0.2) is 29.9 Å². The van der Waals surface area contributed by atoms with Gasteiger partial charge in [0.15, 0.2) is 0 Å². The van der Waals surface area contributed by atoms with Crippen molar-refractivity contribution in [1.82, 2.24) is 0 Å². The Hall–Kier alpha value is -1.16. The van der Waals surface area contributed by atoms with Gasteiger partial charge in [-0.3, -0.25) is 4.79 Å². The molecule has 2 rings (SSSR count). The van der Waals surface area contributed by atoms with Gasteiger partial charge in [-0.25, -0.2) is 0 Å². The largest absolute Gasteiger partial charge is 0.481 e. The number of thioether (sulfide) groups is 1. The maximum Gasteiger partial charge on any atom is 0.305 e. The van der Waals surface area contributed by atoms with Gasteiger partial charge >= 0.3 is 5.97 Å². The van der Waals surface area contributed by atoms with Crippen LogP contribution in [-0.2, 0) is 10.2 Å². The third kappa shape index (κ3) is 2.89. The van der Waals surface area contributed by atoms with Gasteiger partial charge in [-0.15, -0.1) is 11.8 Å². The maximum absolute atomic E-state index is 11.0. The molecule has 104 valence electrons. The van der Waals surface area contributed by atoms with Crippen LogP contribution in [0.3, 0.4) is 0 Å². The molecule has 0 spiro atoms. The number of rotatable bonds is 2.